The predicted molar refractivity (Wildman–Crippen MR) is 106 cm³/mol. The average molecular weight is 353 g/mol. The first kappa shape index (κ1) is 17.8. The van der Waals surface area contributed by atoms with E-state index in [1.54, 1.807) is 0 Å². The molecule has 1 fully saturated rings. The molecule has 3 heteroatoms. The Morgan fingerprint density at radius 3 is 2.62 bits per heavy atom. The normalized spacial score (nSPS) is 19.3. The summed E-state index contributed by atoms with van der Waals surface area (Å²) in [6.45, 7) is 5.82. The lowest BCUT2D eigenvalue weighted by Crippen LogP contribution is -2.33. The fourth-order valence-electron chi connectivity index (χ4n) is 4.62. The highest BCUT2D eigenvalue weighted by molar-refractivity contribution is 5.25. The fourth-order valence-corrected chi connectivity index (χ4v) is 4.62. The largest absolute Gasteiger partial charge is 0.361 e. The van der Waals surface area contributed by atoms with Crippen LogP contribution < -0.4 is 0 Å². The van der Waals surface area contributed by atoms with Gasteiger partial charge in [0.25, 0.3) is 0 Å². The van der Waals surface area contributed by atoms with Gasteiger partial charge in [0, 0.05) is 12.0 Å². The lowest BCUT2D eigenvalue weighted by Gasteiger charge is -2.32. The van der Waals surface area contributed by atoms with Crippen LogP contribution in [0.25, 0.3) is 0 Å². The standard InChI is InChI=1S/C23H32N2O/c1-18-9-11-19(12-10-18)20-13-16-25(17-14-20)15-5-8-23-21-6-3-2-4-7-22(21)24-26-23/h9-12,20H,2-8,13-17H2,1H3. The summed E-state index contributed by atoms with van der Waals surface area (Å²) in [5.74, 6) is 1.92. The van der Waals surface area contributed by atoms with E-state index >= 15 is 0 Å². The zero-order valence-electron chi connectivity index (χ0n) is 16.2. The minimum atomic E-state index is 0.747. The molecule has 0 atom stereocenters. The van der Waals surface area contributed by atoms with Crippen molar-refractivity contribution in [1.82, 2.24) is 10.1 Å². The van der Waals surface area contributed by atoms with E-state index in [1.807, 2.05) is 0 Å². The fraction of sp³-hybridized carbons (Fsp3) is 0.609. The van der Waals surface area contributed by atoms with Crippen LogP contribution in [0.15, 0.2) is 28.8 Å². The van der Waals surface area contributed by atoms with Crippen LogP contribution in [-0.4, -0.2) is 29.7 Å². The molecule has 0 N–H and O–H groups in total. The minimum absolute atomic E-state index is 0.747. The van der Waals surface area contributed by atoms with Crippen molar-refractivity contribution in [3.8, 4) is 0 Å². The van der Waals surface area contributed by atoms with E-state index in [-0.39, 0.29) is 0 Å². The molecule has 4 rings (SSSR count). The Hall–Kier alpha value is -1.61. The summed E-state index contributed by atoms with van der Waals surface area (Å²) in [7, 11) is 0. The smallest absolute Gasteiger partial charge is 0.140 e. The van der Waals surface area contributed by atoms with Gasteiger partial charge < -0.3 is 9.42 Å². The lowest BCUT2D eigenvalue weighted by molar-refractivity contribution is 0.208. The monoisotopic (exact) mass is 352 g/mol. The summed E-state index contributed by atoms with van der Waals surface area (Å²) >= 11 is 0. The van der Waals surface area contributed by atoms with Gasteiger partial charge in [0.2, 0.25) is 0 Å². The second-order valence-electron chi connectivity index (χ2n) is 8.22. The second kappa shape index (κ2) is 8.39. The van der Waals surface area contributed by atoms with E-state index in [2.05, 4.69) is 41.2 Å². The molecule has 2 aliphatic rings. The van der Waals surface area contributed by atoms with Crippen LogP contribution in [0, 0.1) is 6.92 Å². The molecule has 0 radical (unpaired) electrons. The molecule has 2 aromatic rings. The summed E-state index contributed by atoms with van der Waals surface area (Å²) in [4.78, 5) is 2.64. The molecular formula is C23H32N2O. The Balaban J connectivity index is 1.23. The van der Waals surface area contributed by atoms with E-state index in [4.69, 9.17) is 4.52 Å². The van der Waals surface area contributed by atoms with Crippen molar-refractivity contribution in [3.63, 3.8) is 0 Å². The average Bonchev–Trinajstić information content (AvgIpc) is 2.89. The van der Waals surface area contributed by atoms with Gasteiger partial charge in [-0.3, -0.25) is 0 Å². The molecule has 0 saturated carbocycles. The Kier molecular flexibility index (Phi) is 5.74. The topological polar surface area (TPSA) is 29.3 Å². The van der Waals surface area contributed by atoms with Crippen molar-refractivity contribution >= 4 is 0 Å². The molecule has 0 bridgehead atoms. The zero-order chi connectivity index (χ0) is 17.8. The predicted octanol–water partition coefficient (Wildman–Crippen LogP) is 5.06. The minimum Gasteiger partial charge on any atom is -0.361 e. The van der Waals surface area contributed by atoms with Crippen LogP contribution in [0.4, 0.5) is 0 Å². The third-order valence-corrected chi connectivity index (χ3v) is 6.31. The Labute approximate surface area is 157 Å². The molecule has 140 valence electrons. The van der Waals surface area contributed by atoms with E-state index in [0.717, 1.165) is 18.8 Å². The number of aromatic nitrogens is 1. The molecule has 1 aliphatic heterocycles. The van der Waals surface area contributed by atoms with Gasteiger partial charge in [0.05, 0.1) is 5.69 Å². The van der Waals surface area contributed by atoms with Crippen LogP contribution in [0.1, 0.15) is 72.6 Å². The molecule has 0 amide bonds. The number of hydrogen-bond donors (Lipinski definition) is 0. The molecular weight excluding hydrogens is 320 g/mol. The first-order valence-corrected chi connectivity index (χ1v) is 10.5. The summed E-state index contributed by atoms with van der Waals surface area (Å²) < 4.78 is 5.68. The number of aryl methyl sites for hydroxylation is 3. The van der Waals surface area contributed by atoms with Gasteiger partial charge in [-0.25, -0.2) is 0 Å². The van der Waals surface area contributed by atoms with Crippen molar-refractivity contribution in [2.24, 2.45) is 0 Å². The third kappa shape index (κ3) is 4.20. The summed E-state index contributed by atoms with van der Waals surface area (Å²) in [5, 5.41) is 4.34. The SMILES string of the molecule is Cc1ccc(C2CCN(CCCc3onc4c3CCCCC4)CC2)cc1. The van der Waals surface area contributed by atoms with Gasteiger partial charge in [-0.1, -0.05) is 41.4 Å². The molecule has 1 aromatic carbocycles. The molecule has 0 unspecified atom stereocenters. The molecule has 1 aliphatic carbocycles. The number of likely N-dealkylation sites (tertiary alicyclic amines) is 1. The molecule has 26 heavy (non-hydrogen) atoms. The molecule has 1 saturated heterocycles. The number of rotatable bonds is 5. The highest BCUT2D eigenvalue weighted by Gasteiger charge is 2.21. The van der Waals surface area contributed by atoms with E-state index in [1.165, 1.54) is 92.7 Å². The van der Waals surface area contributed by atoms with Crippen LogP contribution in [0.5, 0.6) is 0 Å². The van der Waals surface area contributed by atoms with Crippen LogP contribution in [0.2, 0.25) is 0 Å². The van der Waals surface area contributed by atoms with Crippen molar-refractivity contribution < 1.29 is 4.52 Å². The third-order valence-electron chi connectivity index (χ3n) is 6.31. The van der Waals surface area contributed by atoms with Crippen molar-refractivity contribution in [1.29, 1.82) is 0 Å². The van der Waals surface area contributed by atoms with Crippen molar-refractivity contribution in [2.45, 2.75) is 70.6 Å². The van der Waals surface area contributed by atoms with Crippen LogP contribution >= 0.6 is 0 Å². The van der Waals surface area contributed by atoms with Gasteiger partial charge in [-0.15, -0.1) is 0 Å². The number of hydrogen-bond acceptors (Lipinski definition) is 3. The molecule has 3 nitrogen and oxygen atoms in total. The van der Waals surface area contributed by atoms with Crippen molar-refractivity contribution in [2.75, 3.05) is 19.6 Å². The summed E-state index contributed by atoms with van der Waals surface area (Å²) in [6.07, 6.45) is 11.0. The molecule has 0 spiro atoms. The number of benzene rings is 1. The maximum Gasteiger partial charge on any atom is 0.140 e. The maximum absolute atomic E-state index is 5.68. The summed E-state index contributed by atoms with van der Waals surface area (Å²) in [5.41, 5.74) is 5.58. The Morgan fingerprint density at radius 2 is 1.81 bits per heavy atom. The Morgan fingerprint density at radius 1 is 1.04 bits per heavy atom. The lowest BCUT2D eigenvalue weighted by atomic mass is 9.89. The van der Waals surface area contributed by atoms with Gasteiger partial charge in [0.1, 0.15) is 5.76 Å². The number of nitrogens with zero attached hydrogens (tertiary/aromatic N) is 2. The maximum atomic E-state index is 5.68. The van der Waals surface area contributed by atoms with Crippen LogP contribution in [-0.2, 0) is 19.3 Å². The van der Waals surface area contributed by atoms with Crippen molar-refractivity contribution in [3.05, 3.63) is 52.4 Å². The van der Waals surface area contributed by atoms with Gasteiger partial charge in [0.15, 0.2) is 0 Å². The highest BCUT2D eigenvalue weighted by atomic mass is 16.5. The quantitative estimate of drug-likeness (QED) is 0.704. The second-order valence-corrected chi connectivity index (χ2v) is 8.22. The van der Waals surface area contributed by atoms with Gasteiger partial charge in [-0.2, -0.15) is 0 Å². The first-order valence-electron chi connectivity index (χ1n) is 10.5. The first-order chi connectivity index (χ1) is 12.8. The van der Waals surface area contributed by atoms with Gasteiger partial charge >= 0.3 is 0 Å². The number of piperidine rings is 1. The summed E-state index contributed by atoms with van der Waals surface area (Å²) in [6, 6.07) is 9.15. The molecule has 2 heterocycles. The van der Waals surface area contributed by atoms with Gasteiger partial charge in [-0.05, 0) is 83.0 Å². The van der Waals surface area contributed by atoms with E-state index in [9.17, 15) is 0 Å². The molecule has 1 aromatic heterocycles. The van der Waals surface area contributed by atoms with E-state index < -0.39 is 0 Å². The Bertz CT molecular complexity index is 695. The number of fused-ring (bicyclic) bond motifs is 1. The van der Waals surface area contributed by atoms with Crippen LogP contribution in [0.3, 0.4) is 0 Å². The zero-order valence-corrected chi connectivity index (χ0v) is 16.2. The van der Waals surface area contributed by atoms with E-state index in [0.29, 0.717) is 0 Å². The highest BCUT2D eigenvalue weighted by Crippen LogP contribution is 2.29.